The molecule has 1 saturated carbocycles. The second-order valence-corrected chi connectivity index (χ2v) is 4.52. The van der Waals surface area contributed by atoms with Crippen LogP contribution in [0.5, 0.6) is 5.75 Å². The molecule has 1 N–H and O–H groups in total. The van der Waals surface area contributed by atoms with Crippen molar-refractivity contribution in [3.63, 3.8) is 0 Å². The van der Waals surface area contributed by atoms with Crippen molar-refractivity contribution in [1.82, 2.24) is 0 Å². The third-order valence-corrected chi connectivity index (χ3v) is 2.95. The number of carbonyl (C=O) groups excluding carboxylic acids is 1. The second kappa shape index (κ2) is 5.73. The summed E-state index contributed by atoms with van der Waals surface area (Å²) in [5.41, 5.74) is 0.600. The Balaban J connectivity index is 2.16. The van der Waals surface area contributed by atoms with Gasteiger partial charge in [0.2, 0.25) is 5.91 Å². The molecule has 5 nitrogen and oxygen atoms in total. The lowest BCUT2D eigenvalue weighted by Gasteiger charge is -2.21. The van der Waals surface area contributed by atoms with Crippen molar-refractivity contribution in [2.45, 2.75) is 19.8 Å². The highest BCUT2D eigenvalue weighted by molar-refractivity contribution is 5.99. The summed E-state index contributed by atoms with van der Waals surface area (Å²) in [5, 5.41) is 8.92. The van der Waals surface area contributed by atoms with Crippen molar-refractivity contribution >= 4 is 17.6 Å². The minimum absolute atomic E-state index is 0.00841. The van der Waals surface area contributed by atoms with Gasteiger partial charge in [-0.1, -0.05) is 0 Å². The van der Waals surface area contributed by atoms with Crippen molar-refractivity contribution in [2.75, 3.05) is 18.1 Å². The molecule has 1 aromatic rings. The quantitative estimate of drug-likeness (QED) is 0.851. The first-order valence-corrected chi connectivity index (χ1v) is 6.38. The number of carboxylic acids is 1. The van der Waals surface area contributed by atoms with Crippen LogP contribution in [-0.2, 0) is 9.59 Å². The topological polar surface area (TPSA) is 66.8 Å². The summed E-state index contributed by atoms with van der Waals surface area (Å²) in [6, 6.07) is 6.92. The van der Waals surface area contributed by atoms with E-state index in [-0.39, 0.29) is 18.4 Å². The van der Waals surface area contributed by atoms with Crippen molar-refractivity contribution in [3.05, 3.63) is 24.3 Å². The number of amides is 1. The molecule has 1 aliphatic carbocycles. The highest BCUT2D eigenvalue weighted by Gasteiger charge is 2.34. The zero-order valence-electron chi connectivity index (χ0n) is 10.8. The summed E-state index contributed by atoms with van der Waals surface area (Å²) in [7, 11) is 0. The first kappa shape index (κ1) is 13.4. The number of nitrogens with zero attached hydrogens (tertiary/aromatic N) is 1. The van der Waals surface area contributed by atoms with Crippen LogP contribution in [0, 0.1) is 5.92 Å². The van der Waals surface area contributed by atoms with E-state index in [0.29, 0.717) is 18.0 Å². The first-order chi connectivity index (χ1) is 9.11. The molecule has 2 rings (SSSR count). The highest BCUT2D eigenvalue weighted by atomic mass is 16.5. The fraction of sp³-hybridized carbons (Fsp3) is 0.429. The van der Waals surface area contributed by atoms with Crippen molar-refractivity contribution in [2.24, 2.45) is 5.92 Å². The zero-order chi connectivity index (χ0) is 13.8. The van der Waals surface area contributed by atoms with Gasteiger partial charge in [-0.05, 0) is 44.0 Å². The summed E-state index contributed by atoms with van der Waals surface area (Å²) in [4.78, 5) is 24.3. The van der Waals surface area contributed by atoms with E-state index in [4.69, 9.17) is 9.84 Å². The molecule has 0 heterocycles. The maximum atomic E-state index is 12.1. The third kappa shape index (κ3) is 3.47. The van der Waals surface area contributed by atoms with Crippen LogP contribution >= 0.6 is 0 Å². The number of aliphatic carboxylic acids is 1. The largest absolute Gasteiger partial charge is 0.494 e. The van der Waals surface area contributed by atoms with Gasteiger partial charge in [0.05, 0.1) is 6.61 Å². The lowest BCUT2D eigenvalue weighted by molar-refractivity contribution is -0.136. The molecule has 0 aromatic heterocycles. The van der Waals surface area contributed by atoms with Crippen LogP contribution in [0.1, 0.15) is 19.8 Å². The second-order valence-electron chi connectivity index (χ2n) is 4.52. The predicted molar refractivity (Wildman–Crippen MR) is 70.3 cm³/mol. The number of benzene rings is 1. The maximum absolute atomic E-state index is 12.1. The summed E-state index contributed by atoms with van der Waals surface area (Å²) in [6.07, 6.45) is 1.71. The van der Waals surface area contributed by atoms with E-state index in [1.807, 2.05) is 6.92 Å². The number of hydrogen-bond donors (Lipinski definition) is 1. The summed E-state index contributed by atoms with van der Waals surface area (Å²) in [5.74, 6) is -0.416. The highest BCUT2D eigenvalue weighted by Crippen LogP contribution is 2.33. The first-order valence-electron chi connectivity index (χ1n) is 6.38. The Kier molecular flexibility index (Phi) is 4.04. The lowest BCUT2D eigenvalue weighted by Crippen LogP contribution is -2.36. The third-order valence-electron chi connectivity index (χ3n) is 2.95. The van der Waals surface area contributed by atoms with E-state index >= 15 is 0 Å². The molecule has 19 heavy (non-hydrogen) atoms. The van der Waals surface area contributed by atoms with E-state index in [0.717, 1.165) is 12.8 Å². The molecule has 0 atom stereocenters. The maximum Gasteiger partial charge on any atom is 0.323 e. The zero-order valence-corrected chi connectivity index (χ0v) is 10.8. The van der Waals surface area contributed by atoms with Gasteiger partial charge in [0.15, 0.2) is 0 Å². The Labute approximate surface area is 111 Å². The standard InChI is InChI=1S/C14H17NO4/c1-2-19-12-7-5-11(6-8-12)15(9-13(16)17)14(18)10-3-4-10/h5-8,10H,2-4,9H2,1H3,(H,16,17). The predicted octanol–water partition coefficient (Wildman–Crippen LogP) is 1.91. The normalized spacial score (nSPS) is 13.9. The molecule has 1 fully saturated rings. The Bertz CT molecular complexity index is 465. The van der Waals surface area contributed by atoms with E-state index in [9.17, 15) is 9.59 Å². The van der Waals surface area contributed by atoms with Crippen molar-refractivity contribution in [3.8, 4) is 5.75 Å². The monoisotopic (exact) mass is 263 g/mol. The lowest BCUT2D eigenvalue weighted by atomic mass is 10.2. The van der Waals surface area contributed by atoms with Gasteiger partial charge in [0.1, 0.15) is 12.3 Å². The van der Waals surface area contributed by atoms with Crippen LogP contribution in [0.15, 0.2) is 24.3 Å². The van der Waals surface area contributed by atoms with Crippen LogP contribution in [0.3, 0.4) is 0 Å². The minimum Gasteiger partial charge on any atom is -0.494 e. The fourth-order valence-electron chi connectivity index (χ4n) is 1.87. The van der Waals surface area contributed by atoms with Gasteiger partial charge in [0.25, 0.3) is 0 Å². The molecule has 1 aromatic carbocycles. The molecule has 0 radical (unpaired) electrons. The smallest absolute Gasteiger partial charge is 0.323 e. The van der Waals surface area contributed by atoms with Crippen molar-refractivity contribution in [1.29, 1.82) is 0 Å². The van der Waals surface area contributed by atoms with Gasteiger partial charge in [0, 0.05) is 11.6 Å². The molecule has 0 saturated heterocycles. The van der Waals surface area contributed by atoms with Gasteiger partial charge in [-0.3, -0.25) is 9.59 Å². The van der Waals surface area contributed by atoms with Crippen LogP contribution < -0.4 is 9.64 Å². The van der Waals surface area contributed by atoms with Gasteiger partial charge in [-0.25, -0.2) is 0 Å². The molecule has 1 amide bonds. The van der Waals surface area contributed by atoms with E-state index < -0.39 is 5.97 Å². The SMILES string of the molecule is CCOc1ccc(N(CC(=O)O)C(=O)C2CC2)cc1. The number of anilines is 1. The molecule has 0 bridgehead atoms. The molecular formula is C14H17NO4. The van der Waals surface area contributed by atoms with Crippen LogP contribution in [0.2, 0.25) is 0 Å². The Morgan fingerprint density at radius 1 is 1.32 bits per heavy atom. The van der Waals surface area contributed by atoms with E-state index in [2.05, 4.69) is 0 Å². The van der Waals surface area contributed by atoms with E-state index in [1.54, 1.807) is 24.3 Å². The Morgan fingerprint density at radius 3 is 2.42 bits per heavy atom. The average Bonchev–Trinajstić information content (AvgIpc) is 3.21. The molecule has 5 heteroatoms. The number of carboxylic acid groups (broad SMARTS) is 1. The van der Waals surface area contributed by atoms with Crippen molar-refractivity contribution < 1.29 is 19.4 Å². The number of ether oxygens (including phenoxy) is 1. The average molecular weight is 263 g/mol. The number of carbonyl (C=O) groups is 2. The van der Waals surface area contributed by atoms with Gasteiger partial charge in [-0.2, -0.15) is 0 Å². The van der Waals surface area contributed by atoms with E-state index in [1.165, 1.54) is 4.90 Å². The van der Waals surface area contributed by atoms with Crippen LogP contribution in [-0.4, -0.2) is 30.1 Å². The Morgan fingerprint density at radius 2 is 1.95 bits per heavy atom. The summed E-state index contributed by atoms with van der Waals surface area (Å²) in [6.45, 7) is 2.16. The number of hydrogen-bond acceptors (Lipinski definition) is 3. The van der Waals surface area contributed by atoms with Gasteiger partial charge >= 0.3 is 5.97 Å². The van der Waals surface area contributed by atoms with Crippen LogP contribution in [0.25, 0.3) is 0 Å². The molecular weight excluding hydrogens is 246 g/mol. The fourth-order valence-corrected chi connectivity index (χ4v) is 1.87. The van der Waals surface area contributed by atoms with Gasteiger partial charge in [-0.15, -0.1) is 0 Å². The summed E-state index contributed by atoms with van der Waals surface area (Å²) < 4.78 is 5.32. The molecule has 102 valence electrons. The molecule has 0 unspecified atom stereocenters. The van der Waals surface area contributed by atoms with Crippen LogP contribution in [0.4, 0.5) is 5.69 Å². The minimum atomic E-state index is -1.01. The molecule has 0 spiro atoms. The van der Waals surface area contributed by atoms with Gasteiger partial charge < -0.3 is 14.7 Å². The number of rotatable bonds is 6. The summed E-state index contributed by atoms with van der Waals surface area (Å²) >= 11 is 0. The molecule has 0 aliphatic heterocycles. The molecule has 1 aliphatic rings. The Hall–Kier alpha value is -2.04.